The van der Waals surface area contributed by atoms with Crippen LogP contribution in [0.4, 0.5) is 5.69 Å². The molecule has 0 aliphatic carbocycles. The summed E-state index contributed by atoms with van der Waals surface area (Å²) in [5.41, 5.74) is 5.00. The molecule has 4 aromatic rings. The van der Waals surface area contributed by atoms with Crippen LogP contribution in [-0.4, -0.2) is 32.9 Å². The topological polar surface area (TPSA) is 58.1 Å². The van der Waals surface area contributed by atoms with E-state index < -0.39 is 0 Å². The second-order valence-corrected chi connectivity index (χ2v) is 9.84. The summed E-state index contributed by atoms with van der Waals surface area (Å²) in [5, 5.41) is 4.66. The molecule has 1 saturated heterocycles. The first-order valence-electron chi connectivity index (χ1n) is 12.1. The molecule has 1 fully saturated rings. The standard InChI is InChI=1S/C29H29ClN4O/c1-19-4-3-5-20(2)34(19)18-26-12-8-22-16-25(13-15-28(22)32-26)33-29(35)23-9-14-27(31-17-23)21-6-10-24(30)11-7-21/h6-17,19-20H,3-5,18H2,1-2H3,(H,33,35)/t19-,20?/m1/s1. The van der Waals surface area contributed by atoms with Crippen molar-refractivity contribution in [3.63, 3.8) is 0 Å². The summed E-state index contributed by atoms with van der Waals surface area (Å²) >= 11 is 5.96. The number of piperidine rings is 1. The summed E-state index contributed by atoms with van der Waals surface area (Å²) < 4.78 is 0. The molecule has 5 nitrogen and oxygen atoms in total. The molecule has 1 amide bonds. The number of nitrogens with zero attached hydrogens (tertiary/aromatic N) is 3. The Labute approximate surface area is 211 Å². The Morgan fingerprint density at radius 1 is 1.00 bits per heavy atom. The maximum Gasteiger partial charge on any atom is 0.257 e. The van der Waals surface area contributed by atoms with Gasteiger partial charge >= 0.3 is 0 Å². The van der Waals surface area contributed by atoms with Crippen molar-refractivity contribution in [2.45, 2.75) is 51.7 Å². The van der Waals surface area contributed by atoms with E-state index in [1.165, 1.54) is 19.3 Å². The highest BCUT2D eigenvalue weighted by molar-refractivity contribution is 6.30. The Bertz CT molecular complexity index is 1330. The van der Waals surface area contributed by atoms with Crippen LogP contribution in [-0.2, 0) is 6.54 Å². The van der Waals surface area contributed by atoms with Crippen molar-refractivity contribution >= 4 is 34.1 Å². The predicted octanol–water partition coefficient (Wildman–Crippen LogP) is 6.97. The van der Waals surface area contributed by atoms with Gasteiger partial charge in [0.1, 0.15) is 0 Å². The van der Waals surface area contributed by atoms with E-state index in [1.54, 1.807) is 12.3 Å². The van der Waals surface area contributed by atoms with Gasteiger partial charge in [0.05, 0.1) is 22.5 Å². The lowest BCUT2D eigenvalue weighted by atomic mass is 9.97. The molecule has 2 aromatic heterocycles. The molecular weight excluding hydrogens is 456 g/mol. The highest BCUT2D eigenvalue weighted by atomic mass is 35.5. The molecule has 0 saturated carbocycles. The number of carbonyl (C=O) groups is 1. The molecule has 178 valence electrons. The Morgan fingerprint density at radius 3 is 2.49 bits per heavy atom. The number of hydrogen-bond acceptors (Lipinski definition) is 4. The molecule has 1 unspecified atom stereocenters. The van der Waals surface area contributed by atoms with Crippen molar-refractivity contribution in [3.8, 4) is 11.3 Å². The number of likely N-dealkylation sites (tertiary alicyclic amines) is 1. The van der Waals surface area contributed by atoms with Crippen LogP contribution in [0, 0.1) is 0 Å². The Hall–Kier alpha value is -3.28. The SMILES string of the molecule is CC1CCC[C@@H](C)N1Cc1ccc2cc(NC(=O)c3ccc(-c4ccc(Cl)cc4)nc3)ccc2n1. The molecule has 1 aliphatic heterocycles. The fourth-order valence-corrected chi connectivity index (χ4v) is 4.96. The maximum atomic E-state index is 12.8. The average molecular weight is 485 g/mol. The normalized spacial score (nSPS) is 18.5. The number of nitrogens with one attached hydrogen (secondary N) is 1. The van der Waals surface area contributed by atoms with E-state index in [-0.39, 0.29) is 5.91 Å². The largest absolute Gasteiger partial charge is 0.322 e. The molecule has 5 rings (SSSR count). The number of anilines is 1. The fraction of sp³-hybridized carbons (Fsp3) is 0.276. The van der Waals surface area contributed by atoms with E-state index in [1.807, 2.05) is 48.5 Å². The van der Waals surface area contributed by atoms with Gasteiger partial charge in [-0.15, -0.1) is 0 Å². The molecular formula is C29H29ClN4O. The van der Waals surface area contributed by atoms with Gasteiger partial charge in [0.15, 0.2) is 0 Å². The van der Waals surface area contributed by atoms with Crippen LogP contribution in [0.25, 0.3) is 22.2 Å². The lowest BCUT2D eigenvalue weighted by Gasteiger charge is -2.38. The minimum absolute atomic E-state index is 0.197. The number of fused-ring (bicyclic) bond motifs is 1. The van der Waals surface area contributed by atoms with Gasteiger partial charge in [-0.1, -0.05) is 36.2 Å². The lowest BCUT2D eigenvalue weighted by Crippen LogP contribution is -2.43. The zero-order valence-corrected chi connectivity index (χ0v) is 20.8. The summed E-state index contributed by atoms with van der Waals surface area (Å²) in [5.74, 6) is -0.197. The Kier molecular flexibility index (Phi) is 6.80. The minimum Gasteiger partial charge on any atom is -0.322 e. The van der Waals surface area contributed by atoms with E-state index in [0.29, 0.717) is 22.7 Å². The second kappa shape index (κ2) is 10.1. The molecule has 2 atom stereocenters. The van der Waals surface area contributed by atoms with Gasteiger partial charge in [0.25, 0.3) is 5.91 Å². The van der Waals surface area contributed by atoms with Gasteiger partial charge in [0.2, 0.25) is 0 Å². The predicted molar refractivity (Wildman–Crippen MR) is 143 cm³/mol. The van der Waals surface area contributed by atoms with E-state index in [0.717, 1.165) is 40.1 Å². The van der Waals surface area contributed by atoms with E-state index in [4.69, 9.17) is 16.6 Å². The van der Waals surface area contributed by atoms with Gasteiger partial charge < -0.3 is 5.32 Å². The Morgan fingerprint density at radius 2 is 1.77 bits per heavy atom. The van der Waals surface area contributed by atoms with Crippen molar-refractivity contribution in [1.82, 2.24) is 14.9 Å². The fourth-order valence-electron chi connectivity index (χ4n) is 4.83. The van der Waals surface area contributed by atoms with Gasteiger partial charge in [-0.2, -0.15) is 0 Å². The van der Waals surface area contributed by atoms with Crippen LogP contribution in [0.1, 0.15) is 49.2 Å². The molecule has 1 N–H and O–H groups in total. The number of benzene rings is 2. The van der Waals surface area contributed by atoms with Crippen molar-refractivity contribution in [3.05, 3.63) is 89.2 Å². The van der Waals surface area contributed by atoms with Crippen LogP contribution in [0.2, 0.25) is 5.02 Å². The number of pyridine rings is 2. The summed E-state index contributed by atoms with van der Waals surface area (Å²) in [4.78, 5) is 24.7. The zero-order valence-electron chi connectivity index (χ0n) is 20.0. The van der Waals surface area contributed by atoms with Crippen molar-refractivity contribution in [2.24, 2.45) is 0 Å². The number of halogens is 1. The molecule has 0 bridgehead atoms. The molecule has 6 heteroatoms. The van der Waals surface area contributed by atoms with Gasteiger partial charge in [-0.05, 0) is 75.2 Å². The van der Waals surface area contributed by atoms with Crippen LogP contribution in [0.15, 0.2) is 72.9 Å². The number of amides is 1. The zero-order chi connectivity index (χ0) is 24.4. The second-order valence-electron chi connectivity index (χ2n) is 9.40. The third kappa shape index (κ3) is 5.37. The monoisotopic (exact) mass is 484 g/mol. The van der Waals surface area contributed by atoms with Crippen molar-refractivity contribution in [1.29, 1.82) is 0 Å². The highest BCUT2D eigenvalue weighted by Gasteiger charge is 2.24. The van der Waals surface area contributed by atoms with Gasteiger partial charge in [-0.25, -0.2) is 0 Å². The first kappa shape index (κ1) is 23.5. The third-order valence-corrected chi connectivity index (χ3v) is 7.14. The average Bonchev–Trinajstić information content (AvgIpc) is 2.87. The number of rotatable bonds is 5. The highest BCUT2D eigenvalue weighted by Crippen LogP contribution is 2.26. The van der Waals surface area contributed by atoms with E-state index in [9.17, 15) is 4.79 Å². The van der Waals surface area contributed by atoms with Crippen molar-refractivity contribution in [2.75, 3.05) is 5.32 Å². The molecule has 0 spiro atoms. The third-order valence-electron chi connectivity index (χ3n) is 6.89. The summed E-state index contributed by atoms with van der Waals surface area (Å²) in [6.45, 7) is 5.49. The van der Waals surface area contributed by atoms with Crippen LogP contribution < -0.4 is 5.32 Å². The molecule has 0 radical (unpaired) electrons. The smallest absolute Gasteiger partial charge is 0.257 e. The Balaban J connectivity index is 1.27. The molecule has 35 heavy (non-hydrogen) atoms. The molecule has 2 aromatic carbocycles. The van der Waals surface area contributed by atoms with Gasteiger partial charge in [-0.3, -0.25) is 19.7 Å². The number of carbonyl (C=O) groups excluding carboxylic acids is 1. The summed E-state index contributed by atoms with van der Waals surface area (Å²) in [6.07, 6.45) is 5.40. The minimum atomic E-state index is -0.197. The van der Waals surface area contributed by atoms with Crippen LogP contribution in [0.3, 0.4) is 0 Å². The van der Waals surface area contributed by atoms with Gasteiger partial charge in [0, 0.05) is 46.5 Å². The van der Waals surface area contributed by atoms with Crippen LogP contribution >= 0.6 is 11.6 Å². The maximum absolute atomic E-state index is 12.8. The summed E-state index contributed by atoms with van der Waals surface area (Å²) in [7, 11) is 0. The molecule has 3 heterocycles. The van der Waals surface area contributed by atoms with Crippen molar-refractivity contribution < 1.29 is 4.79 Å². The van der Waals surface area contributed by atoms with E-state index >= 15 is 0 Å². The van der Waals surface area contributed by atoms with E-state index in [2.05, 4.69) is 41.2 Å². The summed E-state index contributed by atoms with van der Waals surface area (Å²) in [6, 6.07) is 22.3. The lowest BCUT2D eigenvalue weighted by molar-refractivity contribution is 0.0939. The quantitative estimate of drug-likeness (QED) is 0.332. The number of aromatic nitrogens is 2. The molecule has 1 aliphatic rings. The first-order chi connectivity index (χ1) is 17.0. The number of hydrogen-bond donors (Lipinski definition) is 1. The first-order valence-corrected chi connectivity index (χ1v) is 12.5. The van der Waals surface area contributed by atoms with Crippen LogP contribution in [0.5, 0.6) is 0 Å².